The maximum Gasteiger partial charge on any atom is 0.180 e. The van der Waals surface area contributed by atoms with Crippen LogP contribution in [0.3, 0.4) is 0 Å². The van der Waals surface area contributed by atoms with E-state index >= 15 is 0 Å². The van der Waals surface area contributed by atoms with Gasteiger partial charge in [0.2, 0.25) is 0 Å². The van der Waals surface area contributed by atoms with Crippen molar-refractivity contribution < 1.29 is 58.7 Å². The molecule has 0 saturated carbocycles. The molecule has 0 radical (unpaired) electrons. The second kappa shape index (κ2) is 21.2. The lowest BCUT2D eigenvalue weighted by Gasteiger charge is -2.41. The molecule has 2 aliphatic carbocycles. The van der Waals surface area contributed by atoms with Crippen molar-refractivity contribution in [1.29, 1.82) is 0 Å². The molecule has 2 unspecified atom stereocenters. The summed E-state index contributed by atoms with van der Waals surface area (Å²) in [5.74, 6) is -11.3. The summed E-state index contributed by atoms with van der Waals surface area (Å²) in [6.45, 7) is 22.8. The van der Waals surface area contributed by atoms with Crippen molar-refractivity contribution in [3.63, 3.8) is 0 Å². The second-order valence-electron chi connectivity index (χ2n) is 17.5. The van der Waals surface area contributed by atoms with Crippen molar-refractivity contribution in [2.24, 2.45) is 22.7 Å². The highest BCUT2D eigenvalue weighted by Gasteiger charge is 2.58. The van der Waals surface area contributed by atoms with Crippen LogP contribution in [0.15, 0.2) is 120 Å². The predicted molar refractivity (Wildman–Crippen MR) is 249 cm³/mol. The van der Waals surface area contributed by atoms with E-state index in [-0.39, 0.29) is 74.4 Å². The highest BCUT2D eigenvalue weighted by Crippen LogP contribution is 2.51. The Bertz CT molecular complexity index is 2260. The number of carbonyl (C=O) groups excluding carboxylic acids is 6. The molecule has 2 aromatic rings. The molecule has 0 aromatic heterocycles. The molecule has 0 heterocycles. The first-order chi connectivity index (χ1) is 30.5. The van der Waals surface area contributed by atoms with Crippen LogP contribution in [0, 0.1) is 22.7 Å². The molecule has 2 aromatic carbocycles. The maximum atomic E-state index is 14.8. The molecule has 12 nitrogen and oxygen atoms in total. The van der Waals surface area contributed by atoms with Gasteiger partial charge in [-0.1, -0.05) is 46.6 Å². The average molecular weight is 889 g/mol. The topological polar surface area (TPSA) is 202 Å². The molecule has 0 amide bonds. The van der Waals surface area contributed by atoms with E-state index in [1.54, 1.807) is 27.7 Å². The van der Waals surface area contributed by atoms with Gasteiger partial charge in [0.15, 0.2) is 57.7 Å². The van der Waals surface area contributed by atoms with Crippen LogP contribution in [0.1, 0.15) is 96.6 Å². The van der Waals surface area contributed by atoms with Crippen molar-refractivity contribution in [3.05, 3.63) is 131 Å². The predicted octanol–water partition coefficient (Wildman–Crippen LogP) is 9.93. The fourth-order valence-electron chi connectivity index (χ4n) is 8.29. The summed E-state index contributed by atoms with van der Waals surface area (Å²) in [6.07, 6.45) is 4.40. The van der Waals surface area contributed by atoms with E-state index in [9.17, 15) is 49.2 Å². The van der Waals surface area contributed by atoms with Crippen molar-refractivity contribution in [3.8, 4) is 23.0 Å². The van der Waals surface area contributed by atoms with Gasteiger partial charge < -0.3 is 29.9 Å². The minimum absolute atomic E-state index is 0.0771. The van der Waals surface area contributed by atoms with E-state index in [2.05, 4.69) is 26.3 Å². The van der Waals surface area contributed by atoms with Crippen LogP contribution < -0.4 is 9.47 Å². The third-order valence-corrected chi connectivity index (χ3v) is 12.2. The molecular weight excluding hydrogens is 829 g/mol. The number of rotatable bonds is 22. The smallest absolute Gasteiger partial charge is 0.180 e. The molecule has 2 atom stereocenters. The standard InChI is InChI=1S/C53H60O12/c1-30(2)19-23-52(24-20-31(3)4)48(60)36(46(58)44(50(52)62)40(56)17-13-34-11-15-38(54)42(27-34)64-9)29-37-47(59)45(41(57)18-14-35-12-16-39(55)43(28-35)65-10)51(63)53(49(37)61,25-21-32(5)6)26-22-33(7)8/h11-18,27-28,44-45,54-55,60-61H,1,3,5,7,19-26,29H2,2,4,6,8-10H3. The number of ether oxygens (including phenoxy) is 2. The number of methoxy groups -OCH3 is 2. The zero-order valence-corrected chi connectivity index (χ0v) is 38.2. The lowest BCUT2D eigenvalue weighted by atomic mass is 9.59. The lowest BCUT2D eigenvalue weighted by Crippen LogP contribution is -2.51. The summed E-state index contributed by atoms with van der Waals surface area (Å²) in [5, 5.41) is 45.0. The molecule has 4 N–H and O–H groups in total. The normalized spacial score (nSPS) is 18.4. The molecule has 0 spiro atoms. The molecule has 65 heavy (non-hydrogen) atoms. The van der Waals surface area contributed by atoms with E-state index in [0.29, 0.717) is 33.4 Å². The third-order valence-electron chi connectivity index (χ3n) is 12.2. The molecule has 0 fully saturated rings. The van der Waals surface area contributed by atoms with Gasteiger partial charge in [0.05, 0.1) is 25.0 Å². The minimum atomic E-state index is -2.01. The van der Waals surface area contributed by atoms with E-state index in [1.807, 2.05) is 0 Å². The molecule has 12 heteroatoms. The quantitative estimate of drug-likeness (QED) is 0.0496. The van der Waals surface area contributed by atoms with Crippen molar-refractivity contribution in [2.45, 2.75) is 85.5 Å². The molecule has 0 aliphatic heterocycles. The van der Waals surface area contributed by atoms with Gasteiger partial charge in [0.1, 0.15) is 23.4 Å². The average Bonchev–Trinajstić information content (AvgIpc) is 3.25. The number of hydrogen-bond donors (Lipinski definition) is 4. The van der Waals surface area contributed by atoms with Gasteiger partial charge in [0, 0.05) is 17.6 Å². The highest BCUT2D eigenvalue weighted by molar-refractivity contribution is 6.33. The monoisotopic (exact) mass is 888 g/mol. The van der Waals surface area contributed by atoms with Gasteiger partial charge in [0.25, 0.3) is 0 Å². The summed E-state index contributed by atoms with van der Waals surface area (Å²) >= 11 is 0. The van der Waals surface area contributed by atoms with E-state index in [0.717, 1.165) is 12.2 Å². The molecule has 0 bridgehead atoms. The Balaban J connectivity index is 2.00. The van der Waals surface area contributed by atoms with Crippen molar-refractivity contribution in [1.82, 2.24) is 0 Å². The number of aliphatic hydroxyl groups is 2. The van der Waals surface area contributed by atoms with E-state index < -0.39 is 86.5 Å². The van der Waals surface area contributed by atoms with Crippen molar-refractivity contribution in [2.75, 3.05) is 14.2 Å². The summed E-state index contributed by atoms with van der Waals surface area (Å²) in [5.41, 5.74) is -1.37. The van der Waals surface area contributed by atoms with Gasteiger partial charge >= 0.3 is 0 Å². The number of ketones is 6. The van der Waals surface area contributed by atoms with Crippen LogP contribution in [0.4, 0.5) is 0 Å². The van der Waals surface area contributed by atoms with Gasteiger partial charge in [-0.25, -0.2) is 0 Å². The highest BCUT2D eigenvalue weighted by atomic mass is 16.5. The Kier molecular flexibility index (Phi) is 16.6. The number of Topliss-reactive ketones (excluding diaryl/α,β-unsaturated/α-hetero) is 4. The maximum absolute atomic E-state index is 14.8. The fourth-order valence-corrected chi connectivity index (χ4v) is 8.29. The SMILES string of the molecule is C=C(C)CCC1(CCC(=C)C)C(=O)C(C(=O)C=Cc2ccc(O)c(OC)c2)C(=O)C(CC2=C(O)C(CCC(=C)C)(CCC(=C)C)C(=O)C(C(=O)C=Cc3ccc(O)c(OC)c3)C2=O)=C1O. The van der Waals surface area contributed by atoms with E-state index in [1.165, 1.54) is 62.8 Å². The first kappa shape index (κ1) is 50.8. The minimum Gasteiger partial charge on any atom is -0.511 e. The van der Waals surface area contributed by atoms with Crippen LogP contribution >= 0.6 is 0 Å². The molecule has 2 aliphatic rings. The molecule has 344 valence electrons. The summed E-state index contributed by atoms with van der Waals surface area (Å²) < 4.78 is 10.4. The fraction of sp³-hybridized carbons (Fsp3) is 0.358. The number of phenolic OH excluding ortho intramolecular Hbond substituents is 2. The second-order valence-corrected chi connectivity index (χ2v) is 17.5. The van der Waals surface area contributed by atoms with Crippen molar-refractivity contribution >= 4 is 46.9 Å². The zero-order valence-electron chi connectivity index (χ0n) is 38.2. The third kappa shape index (κ3) is 11.1. The number of aliphatic hydroxyl groups excluding tert-OH is 2. The summed E-state index contributed by atoms with van der Waals surface area (Å²) in [4.78, 5) is 87.9. The first-order valence-electron chi connectivity index (χ1n) is 21.3. The Morgan fingerprint density at radius 2 is 0.877 bits per heavy atom. The van der Waals surface area contributed by atoms with E-state index in [4.69, 9.17) is 9.47 Å². The Hall–Kier alpha value is -6.82. The van der Waals surface area contributed by atoms with Crippen LogP contribution in [0.5, 0.6) is 23.0 Å². The van der Waals surface area contributed by atoms with Crippen LogP contribution in [-0.4, -0.2) is 69.3 Å². The van der Waals surface area contributed by atoms with Gasteiger partial charge in [-0.05, 0) is 127 Å². The van der Waals surface area contributed by atoms with Gasteiger partial charge in [-0.2, -0.15) is 0 Å². The van der Waals surface area contributed by atoms with Gasteiger partial charge in [-0.15, -0.1) is 26.3 Å². The zero-order chi connectivity index (χ0) is 48.6. The Labute approximate surface area is 380 Å². The number of carbonyl (C=O) groups is 6. The lowest BCUT2D eigenvalue weighted by molar-refractivity contribution is -0.146. The van der Waals surface area contributed by atoms with Crippen LogP contribution in [-0.2, 0) is 28.8 Å². The Morgan fingerprint density at radius 3 is 1.15 bits per heavy atom. The Morgan fingerprint density at radius 1 is 0.569 bits per heavy atom. The molecule has 0 saturated heterocycles. The molecule has 4 rings (SSSR count). The number of allylic oxidation sites excluding steroid dienone is 10. The summed E-state index contributed by atoms with van der Waals surface area (Å²) in [6, 6.07) is 8.55. The largest absolute Gasteiger partial charge is 0.511 e. The number of aromatic hydroxyl groups is 2. The number of phenols is 2. The first-order valence-corrected chi connectivity index (χ1v) is 21.3. The summed E-state index contributed by atoms with van der Waals surface area (Å²) in [7, 11) is 2.69. The van der Waals surface area contributed by atoms with Gasteiger partial charge in [-0.3, -0.25) is 28.8 Å². The number of hydrogen-bond acceptors (Lipinski definition) is 12. The van der Waals surface area contributed by atoms with Crippen LogP contribution in [0.25, 0.3) is 12.2 Å². The number of benzene rings is 2. The molecular formula is C53H60O12. The van der Waals surface area contributed by atoms with Crippen LogP contribution in [0.2, 0.25) is 0 Å².